The molecule has 5 heavy (non-hydrogen) atoms. The van der Waals surface area contributed by atoms with Crippen LogP contribution in [0.3, 0.4) is 0 Å². The third-order valence-electron chi connectivity index (χ3n) is 0. The van der Waals surface area contributed by atoms with Gasteiger partial charge in [0.25, 0.3) is 0 Å². The summed E-state index contributed by atoms with van der Waals surface area (Å²) in [7, 11) is 0. The minimum atomic E-state index is 0. The summed E-state index contributed by atoms with van der Waals surface area (Å²) in [5, 5.41) is 0. The minimum Gasteiger partial charge on any atom is -2.00 e. The van der Waals surface area contributed by atoms with Crippen LogP contribution in [0.2, 0.25) is 0 Å². The maximum atomic E-state index is 0. The van der Waals surface area contributed by atoms with Crippen molar-refractivity contribution in [2.45, 2.75) is 0 Å². The zero-order valence-corrected chi connectivity index (χ0v) is 6.67. The molecule has 0 amide bonds. The van der Waals surface area contributed by atoms with E-state index < -0.39 is 0 Å². The summed E-state index contributed by atoms with van der Waals surface area (Å²) in [5.41, 5.74) is 0. The predicted octanol–water partition coefficient (Wildman–Crippen LogP) is -6.12. The van der Waals surface area contributed by atoms with E-state index in [-0.39, 0.29) is 82.8 Å². The molecule has 0 aromatic carbocycles. The van der Waals surface area contributed by atoms with Gasteiger partial charge in [0.05, 0.1) is 0 Å². The van der Waals surface area contributed by atoms with E-state index in [0.717, 1.165) is 0 Å². The van der Waals surface area contributed by atoms with Crippen molar-refractivity contribution in [2.75, 3.05) is 0 Å². The van der Waals surface area contributed by atoms with Gasteiger partial charge in [0.2, 0.25) is 0 Å². The first-order chi connectivity index (χ1) is 0. The molecule has 0 aromatic heterocycles. The van der Waals surface area contributed by atoms with Gasteiger partial charge >= 0.3 is 58.8 Å². The zero-order chi connectivity index (χ0) is 0. The molecule has 0 fully saturated rings. The van der Waals surface area contributed by atoms with Crippen molar-refractivity contribution in [1.29, 1.82) is 0 Å². The molecular weight excluding hydrogens is 177 g/mol. The standard InChI is InChI=1S/2Li.Mo.O.V/q2*+1;+4;-2;. The van der Waals surface area contributed by atoms with Crippen molar-refractivity contribution < 1.29 is 82.8 Å². The van der Waals surface area contributed by atoms with Gasteiger partial charge in [-0.1, -0.05) is 0 Å². The molecule has 0 aromatic rings. The third kappa shape index (κ3) is 21.4. The predicted molar refractivity (Wildman–Crippen MR) is 0.686 cm³/mol. The van der Waals surface area contributed by atoms with Crippen LogP contribution in [0.15, 0.2) is 0 Å². The van der Waals surface area contributed by atoms with Gasteiger partial charge in [0.15, 0.2) is 0 Å². The summed E-state index contributed by atoms with van der Waals surface area (Å²) in [5.74, 6) is 0. The van der Waals surface area contributed by atoms with E-state index in [1.54, 1.807) is 0 Å². The van der Waals surface area contributed by atoms with Crippen molar-refractivity contribution in [3.63, 3.8) is 0 Å². The molecular formula is Li2MoOV+4. The average Bonchev–Trinajstić information content (AvgIpc) is 0. The molecule has 0 aliphatic heterocycles. The molecule has 1 radical (unpaired) electrons. The number of hydrogen-bond acceptors (Lipinski definition) is 0. The molecule has 0 spiro atoms. The van der Waals surface area contributed by atoms with Gasteiger partial charge in [-0.15, -0.1) is 0 Å². The second-order valence-corrected chi connectivity index (χ2v) is 0. The van der Waals surface area contributed by atoms with Gasteiger partial charge < -0.3 is 5.48 Å². The molecule has 1 nitrogen and oxygen atoms in total. The van der Waals surface area contributed by atoms with Gasteiger partial charge in [-0.3, -0.25) is 0 Å². The molecule has 5 heteroatoms. The summed E-state index contributed by atoms with van der Waals surface area (Å²) in [4.78, 5) is 0. The minimum absolute atomic E-state index is 0. The third-order valence-corrected chi connectivity index (χ3v) is 0. The van der Waals surface area contributed by atoms with Crippen LogP contribution in [0.4, 0.5) is 0 Å². The molecule has 0 atom stereocenters. The second-order valence-electron chi connectivity index (χ2n) is 0. The summed E-state index contributed by atoms with van der Waals surface area (Å²) in [6.07, 6.45) is 0. The molecule has 0 aliphatic rings. The summed E-state index contributed by atoms with van der Waals surface area (Å²) in [6.45, 7) is 0. The number of hydrogen-bond donors (Lipinski definition) is 0. The van der Waals surface area contributed by atoms with Gasteiger partial charge in [-0.05, 0) is 0 Å². The van der Waals surface area contributed by atoms with Crippen LogP contribution >= 0.6 is 0 Å². The molecule has 0 aliphatic carbocycles. The van der Waals surface area contributed by atoms with Crippen LogP contribution in [0.5, 0.6) is 0 Å². The van der Waals surface area contributed by atoms with Gasteiger partial charge in [0.1, 0.15) is 0 Å². The summed E-state index contributed by atoms with van der Waals surface area (Å²) < 4.78 is 0. The Morgan fingerprint density at radius 1 is 0.800 bits per heavy atom. The van der Waals surface area contributed by atoms with Gasteiger partial charge in [-0.2, -0.15) is 0 Å². The van der Waals surface area contributed by atoms with Gasteiger partial charge in [-0.25, -0.2) is 0 Å². The van der Waals surface area contributed by atoms with Crippen molar-refractivity contribution in [2.24, 2.45) is 0 Å². The van der Waals surface area contributed by atoms with Crippen LogP contribution in [-0.2, 0) is 45.1 Å². The second kappa shape index (κ2) is 32.1. The quantitative estimate of drug-likeness (QED) is 0.329. The average molecular weight is 177 g/mol. The van der Waals surface area contributed by atoms with Crippen LogP contribution in [0.25, 0.3) is 0 Å². The first kappa shape index (κ1) is 52.1. The Morgan fingerprint density at radius 2 is 0.800 bits per heavy atom. The maximum absolute atomic E-state index is 0. The Labute approximate surface area is 81.8 Å². The SMILES string of the molecule is [Li+].[Li+].[Mo+4].[O-2].[V]. The van der Waals surface area contributed by atoms with Crippen LogP contribution in [-0.4, -0.2) is 0 Å². The first-order valence-corrected chi connectivity index (χ1v) is 0. The molecule has 0 bridgehead atoms. The van der Waals surface area contributed by atoms with E-state index in [4.69, 9.17) is 0 Å². The molecule has 0 saturated heterocycles. The molecule has 0 heterocycles. The Hall–Kier alpha value is 2.43. The van der Waals surface area contributed by atoms with E-state index in [0.29, 0.717) is 0 Å². The van der Waals surface area contributed by atoms with Crippen LogP contribution < -0.4 is 37.7 Å². The van der Waals surface area contributed by atoms with Crippen molar-refractivity contribution in [3.8, 4) is 0 Å². The van der Waals surface area contributed by atoms with Crippen molar-refractivity contribution >= 4 is 0 Å². The van der Waals surface area contributed by atoms with Crippen molar-refractivity contribution in [1.82, 2.24) is 0 Å². The smallest absolute Gasteiger partial charge is 2.00 e. The summed E-state index contributed by atoms with van der Waals surface area (Å²) in [6, 6.07) is 0. The normalized spacial score (nSPS) is 0. The monoisotopic (exact) mass is 179 g/mol. The fourth-order valence-electron chi connectivity index (χ4n) is 0. The Balaban J connectivity index is 0. The first-order valence-electron chi connectivity index (χ1n) is 0. The van der Waals surface area contributed by atoms with Crippen LogP contribution in [0.1, 0.15) is 0 Å². The Kier molecular flexibility index (Phi) is 335. The summed E-state index contributed by atoms with van der Waals surface area (Å²) >= 11 is 0. The van der Waals surface area contributed by atoms with Crippen molar-refractivity contribution in [3.05, 3.63) is 0 Å². The fraction of sp³-hybridized carbons (Fsp3) is 0. The largest absolute Gasteiger partial charge is 4.00 e. The molecule has 0 rings (SSSR count). The molecule has 15 valence electrons. The Morgan fingerprint density at radius 3 is 0.800 bits per heavy atom. The zero-order valence-electron chi connectivity index (χ0n) is 3.26. The number of rotatable bonds is 0. The van der Waals surface area contributed by atoms with E-state index >= 15 is 0 Å². The molecule has 0 N–H and O–H groups in total. The molecule has 0 saturated carbocycles. The fourth-order valence-corrected chi connectivity index (χ4v) is 0. The van der Waals surface area contributed by atoms with E-state index in [9.17, 15) is 0 Å². The maximum Gasteiger partial charge on any atom is 4.00 e. The van der Waals surface area contributed by atoms with E-state index in [1.165, 1.54) is 0 Å². The van der Waals surface area contributed by atoms with E-state index in [1.807, 2.05) is 0 Å². The van der Waals surface area contributed by atoms with Gasteiger partial charge in [0, 0.05) is 18.6 Å². The molecule has 0 unspecified atom stereocenters. The van der Waals surface area contributed by atoms with Crippen LogP contribution in [0, 0.1) is 0 Å². The van der Waals surface area contributed by atoms with E-state index in [2.05, 4.69) is 0 Å². The topological polar surface area (TPSA) is 28.5 Å². The Bertz CT molecular complexity index is 9.61.